The van der Waals surface area contributed by atoms with Gasteiger partial charge >= 0.3 is 0 Å². The lowest BCUT2D eigenvalue weighted by atomic mass is 10.0. The predicted octanol–water partition coefficient (Wildman–Crippen LogP) is 0.371. The smallest absolute Gasteiger partial charge is 0.228 e. The molecule has 3 rings (SSSR count). The van der Waals surface area contributed by atoms with Crippen LogP contribution in [-0.4, -0.2) is 55.1 Å². The van der Waals surface area contributed by atoms with E-state index in [1.54, 1.807) is 0 Å². The van der Waals surface area contributed by atoms with E-state index in [1.807, 2.05) is 29.3 Å². The van der Waals surface area contributed by atoms with Gasteiger partial charge in [0, 0.05) is 45.5 Å². The van der Waals surface area contributed by atoms with Gasteiger partial charge in [0.15, 0.2) is 0 Å². The molecule has 1 aromatic rings. The first kappa shape index (κ1) is 14.1. The number of hydrogen-bond acceptors (Lipinski definition) is 4. The average Bonchev–Trinajstić information content (AvgIpc) is 2.38. The molecule has 2 saturated heterocycles. The lowest BCUT2D eigenvalue weighted by molar-refractivity contribution is -0.137. The fourth-order valence-corrected chi connectivity index (χ4v) is 2.42. The van der Waals surface area contributed by atoms with Crippen molar-refractivity contribution in [1.29, 1.82) is 0 Å². The lowest BCUT2D eigenvalue weighted by Crippen LogP contribution is -2.56. The summed E-state index contributed by atoms with van der Waals surface area (Å²) in [5.41, 5.74) is 0. The predicted molar refractivity (Wildman–Crippen MR) is 76.6 cm³/mol. The maximum absolute atomic E-state index is 12.1. The van der Waals surface area contributed by atoms with Crippen LogP contribution >= 0.6 is 12.4 Å². The van der Waals surface area contributed by atoms with Gasteiger partial charge in [-0.1, -0.05) is 6.07 Å². The highest BCUT2D eigenvalue weighted by molar-refractivity contribution is 5.85. The number of nitrogens with zero attached hydrogens (tertiary/aromatic N) is 3. The van der Waals surface area contributed by atoms with Crippen LogP contribution in [0, 0.1) is 5.92 Å². The van der Waals surface area contributed by atoms with Gasteiger partial charge in [-0.2, -0.15) is 0 Å². The summed E-state index contributed by atoms with van der Waals surface area (Å²) in [6.07, 6.45) is 1.81. The lowest BCUT2D eigenvalue weighted by Gasteiger charge is -2.38. The average molecular weight is 283 g/mol. The maximum Gasteiger partial charge on any atom is 0.228 e. The van der Waals surface area contributed by atoms with Gasteiger partial charge in [0.1, 0.15) is 5.82 Å². The number of anilines is 1. The molecule has 1 amide bonds. The van der Waals surface area contributed by atoms with Crippen molar-refractivity contribution in [2.75, 3.05) is 44.2 Å². The molecule has 0 radical (unpaired) electrons. The van der Waals surface area contributed by atoms with Crippen molar-refractivity contribution in [3.05, 3.63) is 24.4 Å². The Labute approximate surface area is 119 Å². The second kappa shape index (κ2) is 6.21. The Morgan fingerprint density at radius 3 is 2.47 bits per heavy atom. The first-order valence-corrected chi connectivity index (χ1v) is 6.50. The minimum Gasteiger partial charge on any atom is -0.353 e. The minimum atomic E-state index is 0. The van der Waals surface area contributed by atoms with E-state index >= 15 is 0 Å². The molecular weight excluding hydrogens is 264 g/mol. The Morgan fingerprint density at radius 2 is 1.95 bits per heavy atom. The summed E-state index contributed by atoms with van der Waals surface area (Å²) < 4.78 is 0. The number of carbonyl (C=O) groups is 1. The van der Waals surface area contributed by atoms with E-state index in [1.165, 1.54) is 0 Å². The monoisotopic (exact) mass is 282 g/mol. The normalized spacial score (nSPS) is 19.6. The zero-order chi connectivity index (χ0) is 12.4. The molecule has 2 aliphatic heterocycles. The van der Waals surface area contributed by atoms with E-state index < -0.39 is 0 Å². The van der Waals surface area contributed by atoms with Crippen LogP contribution in [0.4, 0.5) is 5.82 Å². The highest BCUT2D eigenvalue weighted by Gasteiger charge is 2.31. The summed E-state index contributed by atoms with van der Waals surface area (Å²) in [6, 6.07) is 5.94. The highest BCUT2D eigenvalue weighted by atomic mass is 35.5. The number of nitrogens with one attached hydrogen (secondary N) is 1. The van der Waals surface area contributed by atoms with Crippen molar-refractivity contribution in [2.24, 2.45) is 5.92 Å². The Hall–Kier alpha value is -1.33. The molecule has 0 bridgehead atoms. The second-order valence-corrected chi connectivity index (χ2v) is 4.86. The van der Waals surface area contributed by atoms with Crippen LogP contribution in [0.25, 0.3) is 0 Å². The highest BCUT2D eigenvalue weighted by Crippen LogP contribution is 2.15. The van der Waals surface area contributed by atoms with Crippen molar-refractivity contribution in [3.63, 3.8) is 0 Å². The van der Waals surface area contributed by atoms with E-state index in [4.69, 9.17) is 0 Å². The zero-order valence-electron chi connectivity index (χ0n) is 10.8. The summed E-state index contributed by atoms with van der Waals surface area (Å²) >= 11 is 0. The number of carbonyl (C=O) groups excluding carboxylic acids is 1. The first-order valence-electron chi connectivity index (χ1n) is 6.50. The molecule has 19 heavy (non-hydrogen) atoms. The van der Waals surface area contributed by atoms with Gasteiger partial charge in [-0.05, 0) is 12.1 Å². The Morgan fingerprint density at radius 1 is 1.21 bits per heavy atom. The van der Waals surface area contributed by atoms with Crippen molar-refractivity contribution >= 4 is 24.1 Å². The van der Waals surface area contributed by atoms with E-state index in [2.05, 4.69) is 15.2 Å². The Bertz CT molecular complexity index is 416. The number of aromatic nitrogens is 1. The van der Waals surface area contributed by atoms with Crippen LogP contribution in [0.15, 0.2) is 24.4 Å². The van der Waals surface area contributed by atoms with Crippen LogP contribution in [-0.2, 0) is 4.79 Å². The van der Waals surface area contributed by atoms with Crippen molar-refractivity contribution in [1.82, 2.24) is 15.2 Å². The molecule has 0 aliphatic carbocycles. The molecule has 0 atom stereocenters. The summed E-state index contributed by atoms with van der Waals surface area (Å²) in [7, 11) is 0. The number of amides is 1. The molecule has 2 aliphatic rings. The van der Waals surface area contributed by atoms with Crippen LogP contribution in [0.1, 0.15) is 0 Å². The number of rotatable bonds is 2. The van der Waals surface area contributed by atoms with Gasteiger partial charge in [0.2, 0.25) is 5.91 Å². The first-order chi connectivity index (χ1) is 8.84. The molecule has 104 valence electrons. The SMILES string of the molecule is Cl.O=C(C1CNC1)N1CCN(c2ccccn2)CC1. The van der Waals surface area contributed by atoms with Crippen LogP contribution in [0.5, 0.6) is 0 Å². The van der Waals surface area contributed by atoms with Crippen molar-refractivity contribution in [2.45, 2.75) is 0 Å². The van der Waals surface area contributed by atoms with Gasteiger partial charge in [-0.15, -0.1) is 12.4 Å². The summed E-state index contributed by atoms with van der Waals surface area (Å²) in [5, 5.41) is 3.15. The molecule has 0 spiro atoms. The Balaban J connectivity index is 0.00000133. The summed E-state index contributed by atoms with van der Waals surface area (Å²) in [4.78, 5) is 20.7. The van der Waals surface area contributed by atoms with Gasteiger partial charge in [-0.25, -0.2) is 4.98 Å². The second-order valence-electron chi connectivity index (χ2n) is 4.86. The standard InChI is InChI=1S/C13H18N4O.ClH/c18-13(11-9-14-10-11)17-7-5-16(6-8-17)12-3-1-2-4-15-12;/h1-4,11,14H,5-10H2;1H. The minimum absolute atomic E-state index is 0. The molecule has 3 heterocycles. The number of hydrogen-bond donors (Lipinski definition) is 1. The quantitative estimate of drug-likeness (QED) is 0.852. The van der Waals surface area contributed by atoms with Gasteiger partial charge in [-0.3, -0.25) is 4.79 Å². The molecule has 0 unspecified atom stereocenters. The van der Waals surface area contributed by atoms with Gasteiger partial charge < -0.3 is 15.1 Å². The molecule has 0 saturated carbocycles. The van der Waals surface area contributed by atoms with Crippen LogP contribution in [0.3, 0.4) is 0 Å². The molecule has 6 heteroatoms. The summed E-state index contributed by atoms with van der Waals surface area (Å²) in [5.74, 6) is 1.54. The summed E-state index contributed by atoms with van der Waals surface area (Å²) in [6.45, 7) is 5.07. The number of halogens is 1. The van der Waals surface area contributed by atoms with E-state index in [-0.39, 0.29) is 18.3 Å². The fraction of sp³-hybridized carbons (Fsp3) is 0.538. The molecule has 1 N–H and O–H groups in total. The molecule has 0 aromatic carbocycles. The van der Waals surface area contributed by atoms with Gasteiger partial charge in [0.25, 0.3) is 0 Å². The Kier molecular flexibility index (Phi) is 4.61. The fourth-order valence-electron chi connectivity index (χ4n) is 2.42. The molecule has 1 aromatic heterocycles. The third-order valence-corrected chi connectivity index (χ3v) is 3.70. The number of pyridine rings is 1. The zero-order valence-corrected chi connectivity index (χ0v) is 11.6. The topological polar surface area (TPSA) is 48.5 Å². The van der Waals surface area contributed by atoms with Crippen molar-refractivity contribution < 1.29 is 4.79 Å². The third kappa shape index (κ3) is 2.98. The number of piperazine rings is 1. The van der Waals surface area contributed by atoms with Crippen molar-refractivity contribution in [3.8, 4) is 0 Å². The molecular formula is C13H19ClN4O. The van der Waals surface area contributed by atoms with E-state index in [9.17, 15) is 4.79 Å². The van der Waals surface area contributed by atoms with Crippen LogP contribution < -0.4 is 10.2 Å². The van der Waals surface area contributed by atoms with E-state index in [0.29, 0.717) is 5.91 Å². The van der Waals surface area contributed by atoms with Gasteiger partial charge in [0.05, 0.1) is 5.92 Å². The molecule has 5 nitrogen and oxygen atoms in total. The van der Waals surface area contributed by atoms with E-state index in [0.717, 1.165) is 45.1 Å². The third-order valence-electron chi connectivity index (χ3n) is 3.70. The molecule has 2 fully saturated rings. The van der Waals surface area contributed by atoms with Crippen LogP contribution in [0.2, 0.25) is 0 Å². The maximum atomic E-state index is 12.1. The largest absolute Gasteiger partial charge is 0.353 e.